The van der Waals surface area contributed by atoms with Crippen LogP contribution in [0.25, 0.3) is 0 Å². The Hall–Kier alpha value is -2.36. The van der Waals surface area contributed by atoms with Gasteiger partial charge in [0.2, 0.25) is 0 Å². The largest absolute Gasteiger partial charge is 0.508 e. The molecule has 2 aromatic rings. The number of aromatic hydroxyl groups is 3. The molecule has 0 amide bonds. The normalized spacial score (nSPS) is 12.3. The third-order valence-corrected chi connectivity index (χ3v) is 5.33. The third-order valence-electron chi connectivity index (χ3n) is 5.33. The monoisotopic (exact) mass is 386 g/mol. The molecule has 28 heavy (non-hydrogen) atoms. The maximum atomic E-state index is 10.5. The van der Waals surface area contributed by atoms with Crippen molar-refractivity contribution in [3.8, 4) is 23.0 Å². The second-order valence-corrected chi connectivity index (χ2v) is 7.70. The van der Waals surface area contributed by atoms with Gasteiger partial charge in [0.05, 0.1) is 6.61 Å². The quantitative estimate of drug-likeness (QED) is 0.334. The van der Waals surface area contributed by atoms with Crippen molar-refractivity contribution in [3.05, 3.63) is 47.0 Å². The zero-order chi connectivity index (χ0) is 20.7. The second kappa shape index (κ2) is 10.3. The summed E-state index contributed by atoms with van der Waals surface area (Å²) in [4.78, 5) is 0. The molecule has 4 heteroatoms. The smallest absolute Gasteiger partial charge is 0.161 e. The molecule has 1 atom stereocenters. The summed E-state index contributed by atoms with van der Waals surface area (Å²) in [7, 11) is 0. The summed E-state index contributed by atoms with van der Waals surface area (Å²) in [6.07, 6.45) is 4.29. The van der Waals surface area contributed by atoms with Crippen molar-refractivity contribution in [2.75, 3.05) is 6.61 Å². The van der Waals surface area contributed by atoms with Gasteiger partial charge < -0.3 is 20.1 Å². The predicted octanol–water partition coefficient (Wildman–Crippen LogP) is 6.23. The minimum absolute atomic E-state index is 0.00571. The summed E-state index contributed by atoms with van der Waals surface area (Å²) in [6, 6.07) is 9.25. The Kier molecular flexibility index (Phi) is 8.04. The highest BCUT2D eigenvalue weighted by molar-refractivity contribution is 5.52. The molecule has 4 nitrogen and oxygen atoms in total. The van der Waals surface area contributed by atoms with Gasteiger partial charge in [-0.1, -0.05) is 52.3 Å². The fourth-order valence-corrected chi connectivity index (χ4v) is 3.69. The van der Waals surface area contributed by atoms with Crippen molar-refractivity contribution < 1.29 is 20.1 Å². The third kappa shape index (κ3) is 5.12. The van der Waals surface area contributed by atoms with Gasteiger partial charge in [0.1, 0.15) is 11.5 Å². The first kappa shape index (κ1) is 21.9. The fraction of sp³-hybridized carbons (Fsp3) is 0.500. The number of hydrogen-bond acceptors (Lipinski definition) is 4. The highest BCUT2D eigenvalue weighted by atomic mass is 16.5. The fourth-order valence-electron chi connectivity index (χ4n) is 3.69. The highest BCUT2D eigenvalue weighted by Crippen LogP contribution is 2.41. The van der Waals surface area contributed by atoms with Gasteiger partial charge in [-0.25, -0.2) is 0 Å². The van der Waals surface area contributed by atoms with Gasteiger partial charge >= 0.3 is 0 Å². The van der Waals surface area contributed by atoms with E-state index < -0.39 is 0 Å². The molecule has 0 aliphatic rings. The van der Waals surface area contributed by atoms with E-state index in [2.05, 4.69) is 13.8 Å². The van der Waals surface area contributed by atoms with Crippen molar-refractivity contribution in [2.45, 2.75) is 71.6 Å². The lowest BCUT2D eigenvalue weighted by molar-refractivity contribution is 0.294. The Morgan fingerprint density at radius 3 is 2.25 bits per heavy atom. The molecule has 0 heterocycles. The predicted molar refractivity (Wildman–Crippen MR) is 114 cm³/mol. The molecule has 154 valence electrons. The van der Waals surface area contributed by atoms with Crippen LogP contribution >= 0.6 is 0 Å². The average molecular weight is 387 g/mol. The lowest BCUT2D eigenvalue weighted by atomic mass is 9.88. The summed E-state index contributed by atoms with van der Waals surface area (Å²) in [5, 5.41) is 30.8. The number of hydrogen-bond donors (Lipinski definition) is 3. The van der Waals surface area contributed by atoms with Gasteiger partial charge in [-0.05, 0) is 49.7 Å². The second-order valence-electron chi connectivity index (χ2n) is 7.70. The first-order chi connectivity index (χ1) is 13.4. The van der Waals surface area contributed by atoms with E-state index in [0.717, 1.165) is 54.5 Å². The van der Waals surface area contributed by atoms with Crippen LogP contribution in [0.5, 0.6) is 23.0 Å². The van der Waals surface area contributed by atoms with Gasteiger partial charge in [0.15, 0.2) is 11.5 Å². The van der Waals surface area contributed by atoms with Crippen molar-refractivity contribution in [3.63, 3.8) is 0 Å². The van der Waals surface area contributed by atoms with Crippen LogP contribution in [-0.2, 0) is 6.42 Å². The zero-order valence-corrected chi connectivity index (χ0v) is 17.5. The first-order valence-electron chi connectivity index (χ1n) is 10.4. The molecule has 0 fully saturated rings. The topological polar surface area (TPSA) is 69.9 Å². The van der Waals surface area contributed by atoms with Gasteiger partial charge in [-0.15, -0.1) is 0 Å². The summed E-state index contributed by atoms with van der Waals surface area (Å²) in [6.45, 7) is 8.71. The minimum atomic E-state index is 0.00571. The van der Waals surface area contributed by atoms with E-state index in [0.29, 0.717) is 6.61 Å². The summed E-state index contributed by atoms with van der Waals surface area (Å²) < 4.78 is 5.93. The van der Waals surface area contributed by atoms with Gasteiger partial charge in [0.25, 0.3) is 0 Å². The number of ether oxygens (including phenoxy) is 1. The average Bonchev–Trinajstić information content (AvgIpc) is 2.66. The van der Waals surface area contributed by atoms with Crippen LogP contribution in [0.2, 0.25) is 0 Å². The van der Waals surface area contributed by atoms with E-state index in [1.165, 1.54) is 0 Å². The van der Waals surface area contributed by atoms with Crippen molar-refractivity contribution in [1.29, 1.82) is 0 Å². The molecule has 0 aliphatic carbocycles. The van der Waals surface area contributed by atoms with Crippen LogP contribution in [0.1, 0.15) is 81.9 Å². The van der Waals surface area contributed by atoms with E-state index >= 15 is 0 Å². The van der Waals surface area contributed by atoms with Crippen LogP contribution in [0, 0.1) is 0 Å². The van der Waals surface area contributed by atoms with E-state index in [4.69, 9.17) is 4.74 Å². The van der Waals surface area contributed by atoms with E-state index in [-0.39, 0.29) is 29.1 Å². The number of phenols is 3. The van der Waals surface area contributed by atoms with E-state index in [9.17, 15) is 15.3 Å². The summed E-state index contributed by atoms with van der Waals surface area (Å²) in [5.41, 5.74) is 2.43. The van der Waals surface area contributed by atoms with Gasteiger partial charge in [-0.2, -0.15) is 0 Å². The molecule has 0 aliphatic heterocycles. The van der Waals surface area contributed by atoms with Crippen LogP contribution in [0.3, 0.4) is 0 Å². The van der Waals surface area contributed by atoms with Gasteiger partial charge in [0, 0.05) is 16.7 Å². The van der Waals surface area contributed by atoms with Crippen LogP contribution in [-0.4, -0.2) is 21.9 Å². The molecule has 2 aromatic carbocycles. The summed E-state index contributed by atoms with van der Waals surface area (Å²) in [5.74, 6) is 1.37. The molecule has 0 saturated heterocycles. The van der Waals surface area contributed by atoms with Crippen LogP contribution in [0.15, 0.2) is 30.3 Å². The molecule has 0 spiro atoms. The molecule has 2 rings (SSSR count). The molecule has 0 radical (unpaired) electrons. The first-order valence-corrected chi connectivity index (χ1v) is 10.4. The van der Waals surface area contributed by atoms with E-state index in [1.807, 2.05) is 32.0 Å². The van der Waals surface area contributed by atoms with Crippen molar-refractivity contribution in [2.24, 2.45) is 0 Å². The molecule has 0 saturated carbocycles. The minimum Gasteiger partial charge on any atom is -0.508 e. The molecule has 3 N–H and O–H groups in total. The Labute approximate surface area is 168 Å². The molecular formula is C24H34O4. The Morgan fingerprint density at radius 2 is 1.61 bits per heavy atom. The Bertz CT molecular complexity index is 767. The Balaban J connectivity index is 2.01. The standard InChI is InChI=1S/C24H34O4/c1-5-9-20-21(25)11-7-12-22(20)28-15-8-10-17(6-2)19-14-13-18(16(3)4)23(26)24(19)27/h7,11-14,16-17,25-27H,5-6,8-10,15H2,1-4H3. The van der Waals surface area contributed by atoms with Crippen molar-refractivity contribution in [1.82, 2.24) is 0 Å². The lowest BCUT2D eigenvalue weighted by Gasteiger charge is -2.20. The molecular weight excluding hydrogens is 352 g/mol. The lowest BCUT2D eigenvalue weighted by Crippen LogP contribution is -2.05. The highest BCUT2D eigenvalue weighted by Gasteiger charge is 2.19. The molecule has 1 unspecified atom stereocenters. The number of rotatable bonds is 10. The van der Waals surface area contributed by atoms with Gasteiger partial charge in [-0.3, -0.25) is 0 Å². The maximum absolute atomic E-state index is 10.5. The maximum Gasteiger partial charge on any atom is 0.161 e. The van der Waals surface area contributed by atoms with Crippen LogP contribution in [0.4, 0.5) is 0 Å². The Morgan fingerprint density at radius 1 is 0.929 bits per heavy atom. The zero-order valence-electron chi connectivity index (χ0n) is 17.5. The summed E-state index contributed by atoms with van der Waals surface area (Å²) >= 11 is 0. The molecule has 0 bridgehead atoms. The SMILES string of the molecule is CCCc1c(O)cccc1OCCCC(CC)c1ccc(C(C)C)c(O)c1O. The molecule has 0 aromatic heterocycles. The van der Waals surface area contributed by atoms with Crippen molar-refractivity contribution >= 4 is 0 Å². The number of phenolic OH excluding ortho intramolecular Hbond substituents is 3. The number of benzene rings is 2. The van der Waals surface area contributed by atoms with Crippen LogP contribution < -0.4 is 4.74 Å². The van der Waals surface area contributed by atoms with E-state index in [1.54, 1.807) is 12.1 Å².